The molecule has 0 radical (unpaired) electrons. The summed E-state index contributed by atoms with van der Waals surface area (Å²) in [6.07, 6.45) is 0. The van der Waals surface area contributed by atoms with E-state index in [1.54, 1.807) is 6.07 Å². The summed E-state index contributed by atoms with van der Waals surface area (Å²) in [6.45, 7) is 9.74. The normalized spacial score (nSPS) is 12.8. The zero-order valence-corrected chi connectivity index (χ0v) is 11.1. The first-order chi connectivity index (χ1) is 8.04. The van der Waals surface area contributed by atoms with Gasteiger partial charge >= 0.3 is 0 Å². The minimum absolute atomic E-state index is 0.169. The van der Waals surface area contributed by atoms with Gasteiger partial charge < -0.3 is 10.1 Å². The van der Waals surface area contributed by atoms with Gasteiger partial charge in [0.1, 0.15) is 11.6 Å². The van der Waals surface area contributed by atoms with Gasteiger partial charge in [0, 0.05) is 17.7 Å². The van der Waals surface area contributed by atoms with Crippen molar-refractivity contribution in [3.63, 3.8) is 0 Å². The third kappa shape index (κ3) is 4.35. The largest absolute Gasteiger partial charge is 0.493 e. The number of hydrogen-bond acceptors (Lipinski definition) is 2. The van der Waals surface area contributed by atoms with Crippen LogP contribution in [0.25, 0.3) is 0 Å². The number of benzene rings is 1. The van der Waals surface area contributed by atoms with Crippen molar-refractivity contribution in [2.45, 2.75) is 33.7 Å². The Morgan fingerprint density at radius 3 is 2.59 bits per heavy atom. The van der Waals surface area contributed by atoms with E-state index in [1.807, 2.05) is 0 Å². The molecular formula is C14H22FNO. The first kappa shape index (κ1) is 14.0. The van der Waals surface area contributed by atoms with E-state index in [4.69, 9.17) is 4.74 Å². The fraction of sp³-hybridized carbons (Fsp3) is 0.571. The molecule has 2 nitrogen and oxygen atoms in total. The van der Waals surface area contributed by atoms with Crippen molar-refractivity contribution in [3.8, 4) is 5.75 Å². The van der Waals surface area contributed by atoms with Gasteiger partial charge in [-0.25, -0.2) is 4.39 Å². The van der Waals surface area contributed by atoms with Gasteiger partial charge in [-0.05, 0) is 25.5 Å². The van der Waals surface area contributed by atoms with Gasteiger partial charge in [-0.3, -0.25) is 0 Å². The first-order valence-corrected chi connectivity index (χ1v) is 6.20. The van der Waals surface area contributed by atoms with Gasteiger partial charge in [-0.1, -0.05) is 26.8 Å². The van der Waals surface area contributed by atoms with Crippen LogP contribution >= 0.6 is 0 Å². The molecule has 1 N–H and O–H groups in total. The van der Waals surface area contributed by atoms with Crippen LogP contribution in [0, 0.1) is 11.7 Å². The fourth-order valence-corrected chi connectivity index (χ4v) is 1.66. The van der Waals surface area contributed by atoms with Crippen molar-refractivity contribution in [3.05, 3.63) is 29.6 Å². The third-order valence-corrected chi connectivity index (χ3v) is 2.52. The molecule has 0 amide bonds. The highest BCUT2D eigenvalue weighted by Gasteiger charge is 2.12. The number of hydrogen-bond donors (Lipinski definition) is 1. The van der Waals surface area contributed by atoms with Crippen LogP contribution in [0.2, 0.25) is 0 Å². The van der Waals surface area contributed by atoms with E-state index in [0.717, 1.165) is 12.1 Å². The second kappa shape index (κ2) is 6.60. The van der Waals surface area contributed by atoms with E-state index in [-0.39, 0.29) is 11.9 Å². The molecule has 1 atom stereocenters. The van der Waals surface area contributed by atoms with E-state index in [0.29, 0.717) is 18.3 Å². The summed E-state index contributed by atoms with van der Waals surface area (Å²) in [7, 11) is 0. The Hall–Kier alpha value is -1.09. The predicted octanol–water partition coefficient (Wildman–Crippen LogP) is 3.53. The number of ether oxygens (including phenoxy) is 1. The highest BCUT2D eigenvalue weighted by molar-refractivity contribution is 5.36. The zero-order chi connectivity index (χ0) is 12.8. The summed E-state index contributed by atoms with van der Waals surface area (Å²) in [4.78, 5) is 0. The van der Waals surface area contributed by atoms with Crippen LogP contribution in [0.1, 0.15) is 39.3 Å². The number of halogens is 1. The fourth-order valence-electron chi connectivity index (χ4n) is 1.66. The summed E-state index contributed by atoms with van der Waals surface area (Å²) in [5.74, 6) is 0.823. The van der Waals surface area contributed by atoms with Gasteiger partial charge in [-0.15, -0.1) is 0 Å². The molecule has 0 aliphatic heterocycles. The van der Waals surface area contributed by atoms with Crippen molar-refractivity contribution in [1.29, 1.82) is 0 Å². The smallest absolute Gasteiger partial charge is 0.126 e. The second-order valence-electron chi connectivity index (χ2n) is 4.67. The molecule has 1 aromatic rings. The minimum atomic E-state index is -0.254. The van der Waals surface area contributed by atoms with Gasteiger partial charge in [0.2, 0.25) is 0 Å². The molecule has 0 heterocycles. The average Bonchev–Trinajstić information content (AvgIpc) is 2.26. The predicted molar refractivity (Wildman–Crippen MR) is 68.8 cm³/mol. The second-order valence-corrected chi connectivity index (χ2v) is 4.67. The quantitative estimate of drug-likeness (QED) is 0.820. The third-order valence-electron chi connectivity index (χ3n) is 2.52. The summed E-state index contributed by atoms with van der Waals surface area (Å²) in [5.41, 5.74) is 1.01. The van der Waals surface area contributed by atoms with Crippen LogP contribution in [-0.4, -0.2) is 13.2 Å². The van der Waals surface area contributed by atoms with Crippen LogP contribution in [0.5, 0.6) is 5.75 Å². The van der Waals surface area contributed by atoms with Crippen molar-refractivity contribution < 1.29 is 9.13 Å². The number of nitrogens with one attached hydrogen (secondary N) is 1. The Labute approximate surface area is 103 Å². The van der Waals surface area contributed by atoms with E-state index in [9.17, 15) is 4.39 Å². The van der Waals surface area contributed by atoms with E-state index < -0.39 is 0 Å². The lowest BCUT2D eigenvalue weighted by Gasteiger charge is -2.18. The Kier molecular flexibility index (Phi) is 5.42. The summed E-state index contributed by atoms with van der Waals surface area (Å²) in [6, 6.07) is 4.90. The lowest BCUT2D eigenvalue weighted by molar-refractivity contribution is 0.265. The van der Waals surface area contributed by atoms with Crippen LogP contribution in [-0.2, 0) is 0 Å². The van der Waals surface area contributed by atoms with Crippen molar-refractivity contribution in [2.24, 2.45) is 5.92 Å². The van der Waals surface area contributed by atoms with Crippen molar-refractivity contribution in [1.82, 2.24) is 5.32 Å². The van der Waals surface area contributed by atoms with Crippen LogP contribution in [0.3, 0.4) is 0 Å². The summed E-state index contributed by atoms with van der Waals surface area (Å²) >= 11 is 0. The molecule has 0 fully saturated rings. The highest BCUT2D eigenvalue weighted by atomic mass is 19.1. The van der Waals surface area contributed by atoms with Crippen LogP contribution in [0.15, 0.2) is 18.2 Å². The van der Waals surface area contributed by atoms with E-state index in [1.165, 1.54) is 12.1 Å². The molecule has 96 valence electrons. The number of rotatable bonds is 6. The molecule has 0 spiro atoms. The molecule has 0 saturated heterocycles. The minimum Gasteiger partial charge on any atom is -0.493 e. The molecule has 0 aliphatic rings. The van der Waals surface area contributed by atoms with Crippen LogP contribution in [0.4, 0.5) is 4.39 Å². The molecule has 0 aliphatic carbocycles. The van der Waals surface area contributed by atoms with Crippen molar-refractivity contribution >= 4 is 0 Å². The molecule has 1 unspecified atom stereocenters. The lowest BCUT2D eigenvalue weighted by atomic mass is 10.1. The van der Waals surface area contributed by atoms with Gasteiger partial charge in [-0.2, -0.15) is 0 Å². The zero-order valence-electron chi connectivity index (χ0n) is 11.1. The topological polar surface area (TPSA) is 21.3 Å². The van der Waals surface area contributed by atoms with Crippen molar-refractivity contribution in [2.75, 3.05) is 13.2 Å². The molecule has 17 heavy (non-hydrogen) atoms. The summed E-state index contributed by atoms with van der Waals surface area (Å²) in [5, 5.41) is 3.31. The first-order valence-electron chi connectivity index (χ1n) is 6.20. The van der Waals surface area contributed by atoms with Crippen LogP contribution < -0.4 is 10.1 Å². The molecule has 3 heteroatoms. The maximum atomic E-state index is 13.2. The maximum Gasteiger partial charge on any atom is 0.126 e. The van der Waals surface area contributed by atoms with Gasteiger partial charge in [0.25, 0.3) is 0 Å². The average molecular weight is 239 g/mol. The lowest BCUT2D eigenvalue weighted by Crippen LogP contribution is -2.19. The van der Waals surface area contributed by atoms with Gasteiger partial charge in [0.05, 0.1) is 6.61 Å². The Balaban J connectivity index is 2.87. The van der Waals surface area contributed by atoms with E-state index >= 15 is 0 Å². The van der Waals surface area contributed by atoms with Gasteiger partial charge in [0.15, 0.2) is 0 Å². The molecular weight excluding hydrogens is 217 g/mol. The Morgan fingerprint density at radius 2 is 2.00 bits per heavy atom. The highest BCUT2D eigenvalue weighted by Crippen LogP contribution is 2.26. The Morgan fingerprint density at radius 1 is 1.29 bits per heavy atom. The molecule has 1 rings (SSSR count). The molecule has 0 bridgehead atoms. The SMILES string of the molecule is CCNC(C)c1ccc(F)cc1OCC(C)C. The maximum absolute atomic E-state index is 13.2. The van der Waals surface area contributed by atoms with E-state index in [2.05, 4.69) is 33.0 Å². The standard InChI is InChI=1S/C14H22FNO/c1-5-16-11(4)13-7-6-12(15)8-14(13)17-9-10(2)3/h6-8,10-11,16H,5,9H2,1-4H3. The molecule has 0 aromatic heterocycles. The summed E-state index contributed by atoms with van der Waals surface area (Å²) < 4.78 is 18.9. The monoisotopic (exact) mass is 239 g/mol. The molecule has 0 saturated carbocycles. The Bertz CT molecular complexity index is 352. The molecule has 1 aromatic carbocycles.